The average Bonchev–Trinajstić information content (AvgIpc) is 2.70. The smallest absolute Gasteiger partial charge is 0.254 e. The fraction of sp³-hybridized carbons (Fsp3) is 0.526. The minimum Gasteiger partial charge on any atom is -0.338 e. The van der Waals surface area contributed by atoms with Gasteiger partial charge in [-0.05, 0) is 25.0 Å². The van der Waals surface area contributed by atoms with E-state index in [0.717, 1.165) is 12.5 Å². The number of sulfonamides is 1. The molecule has 0 saturated carbocycles. The highest BCUT2D eigenvalue weighted by molar-refractivity contribution is 7.88. The van der Waals surface area contributed by atoms with Gasteiger partial charge in [-0.2, -0.15) is 4.31 Å². The van der Waals surface area contributed by atoms with Gasteiger partial charge in [0.1, 0.15) is 12.3 Å². The minimum absolute atomic E-state index is 0.217. The summed E-state index contributed by atoms with van der Waals surface area (Å²) in [4.78, 5) is 39.6. The predicted octanol–water partition coefficient (Wildman–Crippen LogP) is 0.600. The molecule has 28 heavy (non-hydrogen) atoms. The lowest BCUT2D eigenvalue weighted by molar-refractivity contribution is -0.137. The summed E-state index contributed by atoms with van der Waals surface area (Å²) in [5.74, 6) is -0.481. The molecular formula is C19H27N3O5S. The Balaban J connectivity index is 2.12. The zero-order valence-corrected chi connectivity index (χ0v) is 17.1. The van der Waals surface area contributed by atoms with E-state index >= 15 is 0 Å². The Morgan fingerprint density at radius 3 is 2.29 bits per heavy atom. The number of hydrogen-bond acceptors (Lipinski definition) is 5. The first-order valence-corrected chi connectivity index (χ1v) is 11.1. The van der Waals surface area contributed by atoms with Crippen LogP contribution < -0.4 is 0 Å². The summed E-state index contributed by atoms with van der Waals surface area (Å²) in [7, 11) is -1.70. The molecule has 1 fully saturated rings. The molecule has 2 rings (SSSR count). The van der Waals surface area contributed by atoms with Crippen molar-refractivity contribution in [1.82, 2.24) is 14.1 Å². The molecule has 0 bridgehead atoms. The van der Waals surface area contributed by atoms with E-state index in [9.17, 15) is 22.8 Å². The molecule has 9 heteroatoms. The van der Waals surface area contributed by atoms with Crippen molar-refractivity contribution in [3.05, 3.63) is 35.9 Å². The van der Waals surface area contributed by atoms with Crippen molar-refractivity contribution in [2.45, 2.75) is 25.3 Å². The second-order valence-corrected chi connectivity index (χ2v) is 8.87. The van der Waals surface area contributed by atoms with Gasteiger partial charge in [-0.15, -0.1) is 0 Å². The molecule has 0 unspecified atom stereocenters. The Bertz CT molecular complexity index is 789. The molecule has 8 nitrogen and oxygen atoms in total. The number of rotatable bonds is 8. The van der Waals surface area contributed by atoms with Crippen LogP contribution in [-0.4, -0.2) is 86.1 Å². The second-order valence-electron chi connectivity index (χ2n) is 6.88. The number of piperazine rings is 1. The van der Waals surface area contributed by atoms with E-state index in [1.165, 1.54) is 9.21 Å². The summed E-state index contributed by atoms with van der Waals surface area (Å²) in [5.41, 5.74) is 0.486. The Hall–Kier alpha value is -2.26. The van der Waals surface area contributed by atoms with Crippen LogP contribution in [0.3, 0.4) is 0 Å². The number of nitrogens with zero attached hydrogens (tertiary/aromatic N) is 3. The number of likely N-dealkylation sites (N-methyl/N-ethyl adjacent to an activating group) is 1. The van der Waals surface area contributed by atoms with Gasteiger partial charge in [-0.3, -0.25) is 9.59 Å². The van der Waals surface area contributed by atoms with Gasteiger partial charge in [0.2, 0.25) is 15.9 Å². The molecule has 2 amide bonds. The Morgan fingerprint density at radius 2 is 1.75 bits per heavy atom. The van der Waals surface area contributed by atoms with E-state index in [-0.39, 0.29) is 38.0 Å². The summed E-state index contributed by atoms with van der Waals surface area (Å²) in [6.07, 6.45) is 3.14. The lowest BCUT2D eigenvalue weighted by Gasteiger charge is -2.37. The van der Waals surface area contributed by atoms with Crippen molar-refractivity contribution >= 4 is 28.1 Å². The number of aldehydes is 1. The van der Waals surface area contributed by atoms with Gasteiger partial charge in [-0.25, -0.2) is 8.42 Å². The second kappa shape index (κ2) is 9.79. The first-order valence-electron chi connectivity index (χ1n) is 9.25. The molecule has 0 spiro atoms. The SMILES string of the molecule is CN(C(=O)c1ccccc1)[C@@H](CCCC=O)C(=O)N1CCN(S(C)(=O)=O)CC1. The van der Waals surface area contributed by atoms with Gasteiger partial charge >= 0.3 is 0 Å². The molecule has 1 aromatic rings. The molecule has 1 saturated heterocycles. The Kier molecular flexibility index (Phi) is 7.70. The molecule has 0 aliphatic carbocycles. The van der Waals surface area contributed by atoms with E-state index in [1.54, 1.807) is 36.2 Å². The van der Waals surface area contributed by atoms with Crippen molar-refractivity contribution in [3.8, 4) is 0 Å². The lowest BCUT2D eigenvalue weighted by atomic mass is 10.0. The van der Waals surface area contributed by atoms with Crippen LogP contribution in [0.15, 0.2) is 30.3 Å². The fourth-order valence-corrected chi connectivity index (χ4v) is 4.08. The monoisotopic (exact) mass is 409 g/mol. The van der Waals surface area contributed by atoms with Crippen LogP contribution in [-0.2, 0) is 19.6 Å². The van der Waals surface area contributed by atoms with Gasteiger partial charge in [0.25, 0.3) is 5.91 Å². The molecule has 1 aromatic carbocycles. The van der Waals surface area contributed by atoms with E-state index in [2.05, 4.69) is 0 Å². The van der Waals surface area contributed by atoms with Crippen molar-refractivity contribution in [1.29, 1.82) is 0 Å². The summed E-state index contributed by atoms with van der Waals surface area (Å²) >= 11 is 0. The van der Waals surface area contributed by atoms with Crippen LogP contribution in [0.25, 0.3) is 0 Å². The number of hydrogen-bond donors (Lipinski definition) is 0. The number of amides is 2. The van der Waals surface area contributed by atoms with Gasteiger partial charge in [0.05, 0.1) is 6.26 Å². The summed E-state index contributed by atoms with van der Waals surface area (Å²) in [5, 5.41) is 0. The summed E-state index contributed by atoms with van der Waals surface area (Å²) < 4.78 is 24.7. The lowest BCUT2D eigenvalue weighted by Crippen LogP contribution is -2.56. The molecule has 1 atom stereocenters. The van der Waals surface area contributed by atoms with Crippen LogP contribution in [0.1, 0.15) is 29.6 Å². The highest BCUT2D eigenvalue weighted by Crippen LogP contribution is 2.16. The quantitative estimate of drug-likeness (QED) is 0.463. The molecule has 1 aliphatic heterocycles. The number of unbranched alkanes of at least 4 members (excludes halogenated alkanes) is 1. The van der Waals surface area contributed by atoms with Gasteiger partial charge in [-0.1, -0.05) is 18.2 Å². The highest BCUT2D eigenvalue weighted by Gasteiger charge is 2.33. The molecule has 1 aliphatic rings. The van der Waals surface area contributed by atoms with Gasteiger partial charge < -0.3 is 14.6 Å². The molecule has 0 radical (unpaired) electrons. The first kappa shape index (κ1) is 22.0. The van der Waals surface area contributed by atoms with E-state index < -0.39 is 16.1 Å². The van der Waals surface area contributed by atoms with Crippen LogP contribution >= 0.6 is 0 Å². The number of carbonyl (C=O) groups is 3. The van der Waals surface area contributed by atoms with E-state index in [0.29, 0.717) is 24.8 Å². The number of carbonyl (C=O) groups excluding carboxylic acids is 3. The van der Waals surface area contributed by atoms with Crippen LogP contribution in [0.5, 0.6) is 0 Å². The van der Waals surface area contributed by atoms with Gasteiger partial charge in [0, 0.05) is 45.2 Å². The largest absolute Gasteiger partial charge is 0.338 e. The Labute approximate surface area is 166 Å². The molecule has 0 aromatic heterocycles. The standard InChI is InChI=1S/C19H27N3O5S/c1-20(18(24)16-8-4-3-5-9-16)17(10-6-7-15-23)19(25)21-11-13-22(14-12-21)28(2,26)27/h3-5,8-9,15,17H,6-7,10-14H2,1-2H3/t17-/m0/s1. The minimum atomic E-state index is -3.29. The van der Waals surface area contributed by atoms with Gasteiger partial charge in [0.15, 0.2) is 0 Å². The van der Waals surface area contributed by atoms with E-state index in [4.69, 9.17) is 0 Å². The topological polar surface area (TPSA) is 95.1 Å². The molecule has 1 heterocycles. The maximum absolute atomic E-state index is 13.1. The maximum Gasteiger partial charge on any atom is 0.254 e. The third kappa shape index (κ3) is 5.62. The highest BCUT2D eigenvalue weighted by atomic mass is 32.2. The molecule has 154 valence electrons. The van der Waals surface area contributed by atoms with Crippen molar-refractivity contribution in [2.75, 3.05) is 39.5 Å². The summed E-state index contributed by atoms with van der Waals surface area (Å²) in [6, 6.07) is 8.01. The zero-order valence-electron chi connectivity index (χ0n) is 16.3. The molecule has 0 N–H and O–H groups in total. The van der Waals surface area contributed by atoms with Crippen LogP contribution in [0.4, 0.5) is 0 Å². The normalized spacial score (nSPS) is 16.4. The zero-order chi connectivity index (χ0) is 20.7. The average molecular weight is 410 g/mol. The third-order valence-corrected chi connectivity index (χ3v) is 6.22. The van der Waals surface area contributed by atoms with Crippen LogP contribution in [0, 0.1) is 0 Å². The van der Waals surface area contributed by atoms with Crippen molar-refractivity contribution in [2.24, 2.45) is 0 Å². The fourth-order valence-electron chi connectivity index (χ4n) is 3.25. The van der Waals surface area contributed by atoms with Crippen molar-refractivity contribution in [3.63, 3.8) is 0 Å². The maximum atomic E-state index is 13.1. The molecular weight excluding hydrogens is 382 g/mol. The third-order valence-electron chi connectivity index (χ3n) is 4.91. The number of benzene rings is 1. The predicted molar refractivity (Wildman–Crippen MR) is 105 cm³/mol. The van der Waals surface area contributed by atoms with E-state index in [1.807, 2.05) is 6.07 Å². The van der Waals surface area contributed by atoms with Crippen molar-refractivity contribution < 1.29 is 22.8 Å². The first-order chi connectivity index (χ1) is 13.3. The van der Waals surface area contributed by atoms with Crippen LogP contribution in [0.2, 0.25) is 0 Å². The summed E-state index contributed by atoms with van der Waals surface area (Å²) in [6.45, 7) is 1.04. The Morgan fingerprint density at radius 1 is 1.14 bits per heavy atom.